The first-order chi connectivity index (χ1) is 10.1. The number of nitrogens with zero attached hydrogens (tertiary/aromatic N) is 2. The minimum Gasteiger partial charge on any atom is -0.383 e. The maximum atomic E-state index is 13.1. The third-order valence-corrected chi connectivity index (χ3v) is 3.28. The van der Waals surface area contributed by atoms with Gasteiger partial charge in [0.05, 0.1) is 5.56 Å². The molecule has 0 atom stereocenters. The van der Waals surface area contributed by atoms with Crippen molar-refractivity contribution in [3.05, 3.63) is 58.8 Å². The largest absolute Gasteiger partial charge is 0.383 e. The number of nitrogens with two attached hydrogens (primary N) is 1. The summed E-state index contributed by atoms with van der Waals surface area (Å²) >= 11 is 0. The highest BCUT2D eigenvalue weighted by Crippen LogP contribution is 2.35. The van der Waals surface area contributed by atoms with Gasteiger partial charge in [-0.1, -0.05) is 12.1 Å². The number of hydrogen-bond acceptors (Lipinski definition) is 3. The van der Waals surface area contributed by atoms with E-state index >= 15 is 0 Å². The van der Waals surface area contributed by atoms with Crippen molar-refractivity contribution in [3.8, 4) is 22.4 Å². The van der Waals surface area contributed by atoms with Crippen LogP contribution in [0.1, 0.15) is 0 Å². The van der Waals surface area contributed by atoms with Gasteiger partial charge in [-0.25, -0.2) is 4.39 Å². The molecule has 1 aromatic carbocycles. The molecule has 21 heavy (non-hydrogen) atoms. The van der Waals surface area contributed by atoms with Gasteiger partial charge in [0.2, 0.25) is 5.56 Å². The normalized spacial score (nSPS) is 10.8. The first-order valence-electron chi connectivity index (χ1n) is 6.34. The molecular weight excluding hydrogens is 271 g/mol. The molecular formula is C15H13FN4O. The van der Waals surface area contributed by atoms with Gasteiger partial charge in [0.1, 0.15) is 17.3 Å². The Balaban J connectivity index is 2.22. The van der Waals surface area contributed by atoms with Crippen LogP contribution < -0.4 is 11.3 Å². The predicted octanol–water partition coefficient (Wildman–Crippen LogP) is 2.16. The Morgan fingerprint density at radius 1 is 1.14 bits per heavy atom. The predicted molar refractivity (Wildman–Crippen MR) is 79.1 cm³/mol. The Bertz CT molecular complexity index is 829. The van der Waals surface area contributed by atoms with E-state index in [1.54, 1.807) is 36.1 Å². The van der Waals surface area contributed by atoms with Crippen LogP contribution in [0.25, 0.3) is 22.4 Å². The molecule has 0 aliphatic rings. The summed E-state index contributed by atoms with van der Waals surface area (Å²) in [6.07, 6.45) is 1.58. The number of aryl methyl sites for hydroxylation is 1. The van der Waals surface area contributed by atoms with E-state index in [4.69, 9.17) is 5.73 Å². The zero-order chi connectivity index (χ0) is 15.0. The lowest BCUT2D eigenvalue weighted by atomic mass is 10.0. The quantitative estimate of drug-likeness (QED) is 0.757. The van der Waals surface area contributed by atoms with Crippen molar-refractivity contribution in [2.75, 3.05) is 5.73 Å². The topological polar surface area (TPSA) is 76.7 Å². The standard InChI is InChI=1S/C15H13FN4O/c1-20-15(17)13(9-2-5-11(16)6-3-9)14(19-20)10-4-7-12(21)18-8-10/h2-8H,17H2,1H3,(H,18,21). The molecule has 106 valence electrons. The minimum atomic E-state index is -0.313. The van der Waals surface area contributed by atoms with Gasteiger partial charge in [-0.15, -0.1) is 0 Å². The smallest absolute Gasteiger partial charge is 0.247 e. The van der Waals surface area contributed by atoms with Crippen LogP contribution in [0.4, 0.5) is 10.2 Å². The molecule has 6 heteroatoms. The van der Waals surface area contributed by atoms with Crippen molar-refractivity contribution in [1.82, 2.24) is 14.8 Å². The summed E-state index contributed by atoms with van der Waals surface area (Å²) < 4.78 is 14.6. The summed E-state index contributed by atoms with van der Waals surface area (Å²) in [6.45, 7) is 0. The Morgan fingerprint density at radius 3 is 2.43 bits per heavy atom. The summed E-state index contributed by atoms with van der Waals surface area (Å²) in [5, 5.41) is 4.38. The van der Waals surface area contributed by atoms with Crippen molar-refractivity contribution in [3.63, 3.8) is 0 Å². The van der Waals surface area contributed by atoms with E-state index in [-0.39, 0.29) is 11.4 Å². The van der Waals surface area contributed by atoms with Gasteiger partial charge in [-0.3, -0.25) is 9.48 Å². The van der Waals surface area contributed by atoms with Gasteiger partial charge >= 0.3 is 0 Å². The van der Waals surface area contributed by atoms with E-state index in [9.17, 15) is 9.18 Å². The number of nitrogens with one attached hydrogen (secondary N) is 1. The van der Waals surface area contributed by atoms with Crippen molar-refractivity contribution in [2.24, 2.45) is 7.05 Å². The second-order valence-electron chi connectivity index (χ2n) is 4.68. The Kier molecular flexibility index (Phi) is 3.06. The lowest BCUT2D eigenvalue weighted by Crippen LogP contribution is -2.01. The van der Waals surface area contributed by atoms with Gasteiger partial charge in [0.15, 0.2) is 0 Å². The van der Waals surface area contributed by atoms with Crippen LogP contribution in [0.2, 0.25) is 0 Å². The number of pyridine rings is 1. The molecule has 0 amide bonds. The van der Waals surface area contributed by atoms with E-state index in [0.717, 1.165) is 11.1 Å². The van der Waals surface area contributed by atoms with Crippen LogP contribution in [0.15, 0.2) is 47.4 Å². The summed E-state index contributed by atoms with van der Waals surface area (Å²) in [7, 11) is 1.73. The maximum absolute atomic E-state index is 13.1. The van der Waals surface area contributed by atoms with Gasteiger partial charge in [-0.05, 0) is 23.8 Å². The Labute approximate surface area is 119 Å². The number of H-pyrrole nitrogens is 1. The molecule has 0 saturated heterocycles. The van der Waals surface area contributed by atoms with Gasteiger partial charge in [0.25, 0.3) is 0 Å². The van der Waals surface area contributed by atoms with Crippen molar-refractivity contribution >= 4 is 5.82 Å². The monoisotopic (exact) mass is 284 g/mol. The van der Waals surface area contributed by atoms with Crippen LogP contribution in [0, 0.1) is 5.82 Å². The molecule has 0 bridgehead atoms. The van der Waals surface area contributed by atoms with E-state index in [0.29, 0.717) is 17.1 Å². The van der Waals surface area contributed by atoms with Crippen LogP contribution in [0.5, 0.6) is 0 Å². The van der Waals surface area contributed by atoms with Gasteiger partial charge in [-0.2, -0.15) is 5.10 Å². The molecule has 0 aliphatic heterocycles. The third kappa shape index (κ3) is 2.31. The molecule has 0 saturated carbocycles. The molecule has 3 N–H and O–H groups in total. The first-order valence-corrected chi connectivity index (χ1v) is 6.34. The SMILES string of the molecule is Cn1nc(-c2ccc(=O)[nH]c2)c(-c2ccc(F)cc2)c1N. The summed E-state index contributed by atoms with van der Waals surface area (Å²) in [5.74, 6) is 0.162. The van der Waals surface area contributed by atoms with E-state index in [2.05, 4.69) is 10.1 Å². The van der Waals surface area contributed by atoms with Crippen molar-refractivity contribution in [2.45, 2.75) is 0 Å². The zero-order valence-corrected chi connectivity index (χ0v) is 11.3. The summed E-state index contributed by atoms with van der Waals surface area (Å²) in [6, 6.07) is 9.15. The minimum absolute atomic E-state index is 0.189. The number of nitrogen functional groups attached to an aromatic ring is 1. The van der Waals surface area contributed by atoms with E-state index < -0.39 is 0 Å². The molecule has 2 aromatic heterocycles. The molecule has 3 aromatic rings. The molecule has 5 nitrogen and oxygen atoms in total. The fourth-order valence-corrected chi connectivity index (χ4v) is 2.20. The molecule has 2 heterocycles. The number of aromatic nitrogens is 3. The average molecular weight is 284 g/mol. The molecule has 3 rings (SSSR count). The van der Waals surface area contributed by atoms with Crippen LogP contribution in [-0.4, -0.2) is 14.8 Å². The average Bonchev–Trinajstić information content (AvgIpc) is 2.77. The highest BCUT2D eigenvalue weighted by atomic mass is 19.1. The zero-order valence-electron chi connectivity index (χ0n) is 11.3. The summed E-state index contributed by atoms with van der Waals surface area (Å²) in [5.41, 5.74) is 8.74. The molecule has 0 aliphatic carbocycles. The second-order valence-corrected chi connectivity index (χ2v) is 4.68. The molecule has 0 unspecified atom stereocenters. The number of halogens is 1. The number of benzene rings is 1. The number of hydrogen-bond donors (Lipinski definition) is 2. The molecule has 0 fully saturated rings. The lowest BCUT2D eigenvalue weighted by molar-refractivity contribution is 0.628. The van der Waals surface area contributed by atoms with E-state index in [1.807, 2.05) is 0 Å². The fourth-order valence-electron chi connectivity index (χ4n) is 2.20. The fraction of sp³-hybridized carbons (Fsp3) is 0.0667. The Morgan fingerprint density at radius 2 is 1.81 bits per heavy atom. The number of anilines is 1. The number of aromatic amines is 1. The van der Waals surface area contributed by atoms with E-state index in [1.165, 1.54) is 18.2 Å². The lowest BCUT2D eigenvalue weighted by Gasteiger charge is -2.04. The van der Waals surface area contributed by atoms with Crippen molar-refractivity contribution < 1.29 is 4.39 Å². The van der Waals surface area contributed by atoms with Crippen LogP contribution in [-0.2, 0) is 7.05 Å². The summed E-state index contributed by atoms with van der Waals surface area (Å²) in [4.78, 5) is 13.8. The second kappa shape index (κ2) is 4.90. The Hall–Kier alpha value is -2.89. The molecule has 0 radical (unpaired) electrons. The van der Waals surface area contributed by atoms with Gasteiger partial charge < -0.3 is 10.7 Å². The molecule has 0 spiro atoms. The van der Waals surface area contributed by atoms with Crippen LogP contribution >= 0.6 is 0 Å². The maximum Gasteiger partial charge on any atom is 0.247 e. The van der Waals surface area contributed by atoms with Crippen molar-refractivity contribution in [1.29, 1.82) is 0 Å². The van der Waals surface area contributed by atoms with Crippen LogP contribution in [0.3, 0.4) is 0 Å². The highest BCUT2D eigenvalue weighted by Gasteiger charge is 2.17. The first kappa shape index (κ1) is 13.1. The van der Waals surface area contributed by atoms with Gasteiger partial charge in [0, 0.05) is 24.9 Å². The number of rotatable bonds is 2. The third-order valence-electron chi connectivity index (χ3n) is 3.28. The highest BCUT2D eigenvalue weighted by molar-refractivity contribution is 5.87.